The number of carboxylic acid groups (broad SMARTS) is 1. The summed E-state index contributed by atoms with van der Waals surface area (Å²) >= 11 is 0. The normalized spacial score (nSPS) is 12.2. The van der Waals surface area contributed by atoms with Crippen molar-refractivity contribution in [3.8, 4) is 28.6 Å². The van der Waals surface area contributed by atoms with Gasteiger partial charge in [0.1, 0.15) is 5.75 Å². The zero-order valence-corrected chi connectivity index (χ0v) is 25.6. The van der Waals surface area contributed by atoms with Crippen LogP contribution >= 0.6 is 0 Å². The van der Waals surface area contributed by atoms with E-state index in [9.17, 15) is 14.7 Å². The van der Waals surface area contributed by atoms with Crippen LogP contribution in [-0.2, 0) is 16.6 Å². The third kappa shape index (κ3) is 9.11. The molecule has 0 radical (unpaired) electrons. The Morgan fingerprint density at radius 1 is 0.860 bits per heavy atom. The largest absolute Gasteiger partial charge is 0.494 e. The number of ether oxygens (including phenoxy) is 1. The van der Waals surface area contributed by atoms with E-state index in [1.165, 1.54) is 25.7 Å². The molecule has 0 amide bonds. The highest BCUT2D eigenvalue weighted by atomic mass is 16.5. The van der Waals surface area contributed by atoms with Gasteiger partial charge in [-0.2, -0.15) is 4.98 Å². The molecule has 1 atom stereocenters. The Morgan fingerprint density at radius 2 is 1.51 bits per heavy atom. The fourth-order valence-electron chi connectivity index (χ4n) is 4.87. The zero-order chi connectivity index (χ0) is 30.8. The topological polar surface area (TPSA) is 103 Å². The lowest BCUT2D eigenvalue weighted by Gasteiger charge is -2.19. The maximum atomic E-state index is 12.9. The van der Waals surface area contributed by atoms with E-state index in [4.69, 9.17) is 9.26 Å². The van der Waals surface area contributed by atoms with E-state index in [0.717, 1.165) is 34.4 Å². The molecule has 4 aromatic rings. The summed E-state index contributed by atoms with van der Waals surface area (Å²) in [5, 5.41) is 14.0. The molecule has 0 aliphatic heterocycles. The molecule has 0 fully saturated rings. The summed E-state index contributed by atoms with van der Waals surface area (Å²) in [6.07, 6.45) is 6.16. The summed E-state index contributed by atoms with van der Waals surface area (Å²) in [7, 11) is 0. The molecular formula is C36H42N2O5. The van der Waals surface area contributed by atoms with Gasteiger partial charge in [-0.3, -0.25) is 9.59 Å². The monoisotopic (exact) mass is 582 g/mol. The van der Waals surface area contributed by atoms with Gasteiger partial charge < -0.3 is 14.4 Å². The van der Waals surface area contributed by atoms with Crippen LogP contribution in [-0.4, -0.2) is 33.6 Å². The molecule has 0 aliphatic rings. The SMILES string of the molecule is CCCCCCCOc1ccc(-c2nc(-c3ccc(C[C@H](CC(=O)c4ccc(C(C)(C)C)cc4)C(=O)O)cc3)no2)cc1. The van der Waals surface area contributed by atoms with Crippen LogP contribution in [0.1, 0.15) is 87.7 Å². The predicted octanol–water partition coefficient (Wildman–Crippen LogP) is 8.57. The minimum atomic E-state index is -0.991. The lowest BCUT2D eigenvalue weighted by atomic mass is 9.86. The fraction of sp³-hybridized carbons (Fsp3) is 0.389. The van der Waals surface area contributed by atoms with Crippen molar-refractivity contribution in [2.45, 2.75) is 78.1 Å². The minimum Gasteiger partial charge on any atom is -0.494 e. The van der Waals surface area contributed by atoms with Crippen LogP contribution < -0.4 is 4.74 Å². The van der Waals surface area contributed by atoms with Crippen molar-refractivity contribution in [1.82, 2.24) is 10.1 Å². The van der Waals surface area contributed by atoms with Gasteiger partial charge in [-0.1, -0.05) is 107 Å². The third-order valence-electron chi connectivity index (χ3n) is 7.59. The smallest absolute Gasteiger partial charge is 0.307 e. The first-order valence-corrected chi connectivity index (χ1v) is 15.2. The molecule has 1 heterocycles. The first kappa shape index (κ1) is 31.7. The Hall–Kier alpha value is -4.26. The minimum absolute atomic E-state index is 0.0197. The van der Waals surface area contributed by atoms with E-state index in [1.54, 1.807) is 12.1 Å². The molecule has 3 aromatic carbocycles. The van der Waals surface area contributed by atoms with Crippen molar-refractivity contribution in [3.63, 3.8) is 0 Å². The van der Waals surface area contributed by atoms with Crippen LogP contribution in [0.15, 0.2) is 77.3 Å². The molecule has 1 N–H and O–H groups in total. The van der Waals surface area contributed by atoms with E-state index >= 15 is 0 Å². The Kier molecular flexibility index (Phi) is 10.9. The number of Topliss-reactive ketones (excluding diaryl/α,β-unsaturated/α-hetero) is 1. The van der Waals surface area contributed by atoms with Crippen LogP contribution in [0.5, 0.6) is 5.75 Å². The standard InChI is InChI=1S/C36H42N2O5/c1-5-6-7-8-9-22-42-31-20-16-28(17-21-31)34-37-33(38-43-34)27-12-10-25(11-13-27)23-29(35(40)41)24-32(39)26-14-18-30(19-15-26)36(2,3)4/h10-21,29H,5-9,22-24H2,1-4H3,(H,40,41)/t29-/m1/s1. The summed E-state index contributed by atoms with van der Waals surface area (Å²) in [6.45, 7) is 9.25. The van der Waals surface area contributed by atoms with E-state index in [-0.39, 0.29) is 24.0 Å². The molecule has 0 unspecified atom stereocenters. The highest BCUT2D eigenvalue weighted by Gasteiger charge is 2.23. The zero-order valence-electron chi connectivity index (χ0n) is 25.6. The number of hydrogen-bond acceptors (Lipinski definition) is 6. The van der Waals surface area contributed by atoms with Crippen molar-refractivity contribution in [2.24, 2.45) is 5.92 Å². The second kappa shape index (κ2) is 14.8. The van der Waals surface area contributed by atoms with Crippen molar-refractivity contribution in [1.29, 1.82) is 0 Å². The van der Waals surface area contributed by atoms with E-state index in [1.807, 2.05) is 60.7 Å². The lowest BCUT2D eigenvalue weighted by Crippen LogP contribution is -2.20. The number of aromatic nitrogens is 2. The van der Waals surface area contributed by atoms with Gasteiger partial charge >= 0.3 is 5.97 Å². The van der Waals surface area contributed by atoms with Crippen molar-refractivity contribution in [2.75, 3.05) is 6.61 Å². The molecule has 4 rings (SSSR count). The number of unbranched alkanes of at least 4 members (excludes halogenated alkanes) is 4. The Labute approximate surface area is 254 Å². The van der Waals surface area contributed by atoms with E-state index in [2.05, 4.69) is 37.8 Å². The fourth-order valence-corrected chi connectivity index (χ4v) is 4.87. The molecule has 0 saturated heterocycles. The second-order valence-corrected chi connectivity index (χ2v) is 12.1. The van der Waals surface area contributed by atoms with E-state index in [0.29, 0.717) is 23.9 Å². The van der Waals surface area contributed by atoms with Gasteiger partial charge in [-0.25, -0.2) is 0 Å². The number of carbonyl (C=O) groups is 2. The average Bonchev–Trinajstić information content (AvgIpc) is 3.49. The molecule has 0 spiro atoms. The number of carboxylic acids is 1. The second-order valence-electron chi connectivity index (χ2n) is 12.1. The maximum Gasteiger partial charge on any atom is 0.307 e. The van der Waals surface area contributed by atoms with Crippen molar-refractivity contribution >= 4 is 11.8 Å². The Balaban J connectivity index is 1.33. The molecule has 226 valence electrons. The summed E-state index contributed by atoms with van der Waals surface area (Å²) < 4.78 is 11.3. The number of benzene rings is 3. The first-order valence-electron chi connectivity index (χ1n) is 15.2. The molecule has 0 saturated carbocycles. The van der Waals surface area contributed by atoms with Crippen LogP contribution in [0.25, 0.3) is 22.8 Å². The quantitative estimate of drug-likeness (QED) is 0.111. The number of nitrogens with zero attached hydrogens (tertiary/aromatic N) is 2. The number of aliphatic carboxylic acids is 1. The van der Waals surface area contributed by atoms with Gasteiger partial charge in [0.15, 0.2) is 5.78 Å². The molecule has 0 bridgehead atoms. The highest BCUT2D eigenvalue weighted by Crippen LogP contribution is 2.26. The summed E-state index contributed by atoms with van der Waals surface area (Å²) in [4.78, 5) is 29.4. The molecule has 1 aromatic heterocycles. The van der Waals surface area contributed by atoms with Gasteiger partial charge in [0.25, 0.3) is 5.89 Å². The number of carbonyl (C=O) groups excluding carboxylic acids is 1. The molecule has 7 heteroatoms. The summed E-state index contributed by atoms with van der Waals surface area (Å²) in [5.41, 5.74) is 4.00. The Bertz CT molecular complexity index is 1470. The first-order chi connectivity index (χ1) is 20.6. The summed E-state index contributed by atoms with van der Waals surface area (Å²) in [6, 6.07) is 22.4. The molecule has 0 aliphatic carbocycles. The molecule has 43 heavy (non-hydrogen) atoms. The van der Waals surface area contributed by atoms with Gasteiger partial charge in [-0.05, 0) is 53.6 Å². The maximum absolute atomic E-state index is 12.9. The average molecular weight is 583 g/mol. The number of rotatable bonds is 15. The van der Waals surface area contributed by atoms with Gasteiger partial charge in [-0.15, -0.1) is 0 Å². The van der Waals surface area contributed by atoms with Crippen molar-refractivity contribution < 1.29 is 24.0 Å². The van der Waals surface area contributed by atoms with Crippen LogP contribution in [0.4, 0.5) is 0 Å². The number of hydrogen-bond donors (Lipinski definition) is 1. The third-order valence-corrected chi connectivity index (χ3v) is 7.59. The van der Waals surface area contributed by atoms with Gasteiger partial charge in [0, 0.05) is 23.1 Å². The summed E-state index contributed by atoms with van der Waals surface area (Å²) in [5.74, 6) is -0.330. The van der Waals surface area contributed by atoms with Gasteiger partial charge in [0.05, 0.1) is 12.5 Å². The highest BCUT2D eigenvalue weighted by molar-refractivity contribution is 5.98. The predicted molar refractivity (Wildman–Crippen MR) is 168 cm³/mol. The van der Waals surface area contributed by atoms with Gasteiger partial charge in [0.2, 0.25) is 5.82 Å². The van der Waals surface area contributed by atoms with E-state index < -0.39 is 11.9 Å². The van der Waals surface area contributed by atoms with Crippen LogP contribution in [0.2, 0.25) is 0 Å². The van der Waals surface area contributed by atoms with Crippen LogP contribution in [0, 0.1) is 5.92 Å². The van der Waals surface area contributed by atoms with Crippen molar-refractivity contribution in [3.05, 3.63) is 89.5 Å². The van der Waals surface area contributed by atoms with Crippen LogP contribution in [0.3, 0.4) is 0 Å². The molecular weight excluding hydrogens is 540 g/mol. The molecule has 7 nitrogen and oxygen atoms in total. The lowest BCUT2D eigenvalue weighted by molar-refractivity contribution is -0.141. The number of ketones is 1. The Morgan fingerprint density at radius 3 is 2.14 bits per heavy atom.